The molecule has 0 radical (unpaired) electrons. The van der Waals surface area contributed by atoms with Crippen LogP contribution in [0.15, 0.2) is 18.2 Å². The van der Waals surface area contributed by atoms with Crippen molar-refractivity contribution in [2.24, 2.45) is 5.92 Å². The largest absolute Gasteiger partial charge is 0.284 e. The minimum absolute atomic E-state index is 0.541. The van der Waals surface area contributed by atoms with E-state index in [1.807, 2.05) is 10.7 Å². The first kappa shape index (κ1) is 16.0. The average molecular weight is 357 g/mol. The lowest BCUT2D eigenvalue weighted by atomic mass is 10.00. The highest BCUT2D eigenvalue weighted by atomic mass is 35.5. The number of rotatable bonds is 3. The van der Waals surface area contributed by atoms with Crippen LogP contribution in [0.4, 0.5) is 0 Å². The summed E-state index contributed by atoms with van der Waals surface area (Å²) in [7, 11) is 0. The third-order valence-corrected chi connectivity index (χ3v) is 4.94. The zero-order valence-electron chi connectivity index (χ0n) is 12.4. The Morgan fingerprint density at radius 2 is 2.05 bits per heavy atom. The van der Waals surface area contributed by atoms with E-state index in [0.29, 0.717) is 20.6 Å². The summed E-state index contributed by atoms with van der Waals surface area (Å²) in [6.45, 7) is 5.24. The summed E-state index contributed by atoms with van der Waals surface area (Å²) in [5.74, 6) is 1.49. The third kappa shape index (κ3) is 3.54. The smallest absolute Gasteiger partial charge is 0.217 e. The van der Waals surface area contributed by atoms with Gasteiger partial charge in [0.25, 0.3) is 0 Å². The molecule has 1 aromatic carbocycles. The molecule has 1 aromatic heterocycles. The van der Waals surface area contributed by atoms with Crippen molar-refractivity contribution in [2.75, 3.05) is 13.1 Å². The van der Waals surface area contributed by atoms with E-state index in [2.05, 4.69) is 21.9 Å². The first-order chi connectivity index (χ1) is 10.5. The molecule has 0 unspecified atom stereocenters. The fraction of sp³-hybridized carbons (Fsp3) is 0.467. The second-order valence-corrected chi connectivity index (χ2v) is 7.06. The van der Waals surface area contributed by atoms with Gasteiger partial charge in [0.1, 0.15) is 0 Å². The van der Waals surface area contributed by atoms with Gasteiger partial charge in [0.05, 0.1) is 11.7 Å². The van der Waals surface area contributed by atoms with Crippen LogP contribution in [0.25, 0.3) is 11.4 Å². The highest BCUT2D eigenvalue weighted by molar-refractivity contribution is 7.71. The molecule has 7 heteroatoms. The fourth-order valence-electron chi connectivity index (χ4n) is 2.66. The van der Waals surface area contributed by atoms with E-state index >= 15 is 0 Å². The molecular weight excluding hydrogens is 339 g/mol. The van der Waals surface area contributed by atoms with E-state index in [1.54, 1.807) is 12.1 Å². The minimum atomic E-state index is 0.541. The van der Waals surface area contributed by atoms with Crippen molar-refractivity contribution in [2.45, 2.75) is 26.4 Å². The molecule has 1 N–H and O–H groups in total. The van der Waals surface area contributed by atoms with Crippen molar-refractivity contribution >= 4 is 35.4 Å². The normalized spacial score (nSPS) is 17.0. The molecule has 1 aliphatic rings. The van der Waals surface area contributed by atoms with E-state index in [9.17, 15) is 0 Å². The number of halogens is 2. The van der Waals surface area contributed by atoms with E-state index in [4.69, 9.17) is 35.4 Å². The maximum absolute atomic E-state index is 6.24. The molecule has 0 saturated carbocycles. The van der Waals surface area contributed by atoms with E-state index in [0.717, 1.165) is 31.2 Å². The summed E-state index contributed by atoms with van der Waals surface area (Å²) in [4.78, 5) is 6.81. The number of nitrogens with zero attached hydrogens (tertiary/aromatic N) is 3. The molecule has 1 fully saturated rings. The zero-order chi connectivity index (χ0) is 15.7. The lowest BCUT2D eigenvalue weighted by Crippen LogP contribution is -2.34. The molecule has 0 aliphatic carbocycles. The van der Waals surface area contributed by atoms with E-state index in [1.165, 1.54) is 12.8 Å². The van der Waals surface area contributed by atoms with Gasteiger partial charge in [-0.3, -0.25) is 10.00 Å². The average Bonchev–Trinajstić information content (AvgIpc) is 2.82. The highest BCUT2D eigenvalue weighted by Gasteiger charge is 2.17. The number of H-pyrrole nitrogens is 1. The number of aromatic amines is 1. The lowest BCUT2D eigenvalue weighted by molar-refractivity contribution is 0.146. The van der Waals surface area contributed by atoms with Crippen LogP contribution in [-0.4, -0.2) is 32.8 Å². The van der Waals surface area contributed by atoms with Crippen LogP contribution >= 0.6 is 35.4 Å². The van der Waals surface area contributed by atoms with Crippen molar-refractivity contribution in [1.29, 1.82) is 0 Å². The summed E-state index contributed by atoms with van der Waals surface area (Å²) in [6, 6.07) is 5.36. The molecule has 4 nitrogen and oxygen atoms in total. The van der Waals surface area contributed by atoms with Crippen LogP contribution in [0.2, 0.25) is 10.0 Å². The quantitative estimate of drug-likeness (QED) is 0.816. The van der Waals surface area contributed by atoms with E-state index < -0.39 is 0 Å². The lowest BCUT2D eigenvalue weighted by Gasteiger charge is -2.29. The molecule has 22 heavy (non-hydrogen) atoms. The van der Waals surface area contributed by atoms with Crippen LogP contribution in [-0.2, 0) is 6.67 Å². The Bertz CT molecular complexity index is 717. The summed E-state index contributed by atoms with van der Waals surface area (Å²) < 4.78 is 2.44. The Morgan fingerprint density at radius 1 is 1.32 bits per heavy atom. The van der Waals surface area contributed by atoms with Gasteiger partial charge >= 0.3 is 0 Å². The van der Waals surface area contributed by atoms with Crippen LogP contribution < -0.4 is 0 Å². The van der Waals surface area contributed by atoms with Gasteiger partial charge in [-0.25, -0.2) is 4.68 Å². The highest BCUT2D eigenvalue weighted by Crippen LogP contribution is 2.28. The summed E-state index contributed by atoms with van der Waals surface area (Å²) in [6.07, 6.45) is 2.47. The third-order valence-electron chi connectivity index (χ3n) is 4.08. The fourth-order valence-corrected chi connectivity index (χ4v) is 3.35. The van der Waals surface area contributed by atoms with Gasteiger partial charge in [-0.15, -0.1) is 0 Å². The number of piperidine rings is 1. The SMILES string of the molecule is CC1CCN(Cn2[nH]c(-c3ccc(Cl)cc3Cl)nc2=S)CC1. The minimum Gasteiger partial charge on any atom is -0.284 e. The molecule has 0 bridgehead atoms. The molecular formula is C15H18Cl2N4S. The van der Waals surface area contributed by atoms with Gasteiger partial charge in [-0.2, -0.15) is 4.98 Å². The molecule has 2 aromatic rings. The molecule has 0 spiro atoms. The molecule has 1 saturated heterocycles. The predicted octanol–water partition coefficient (Wildman–Crippen LogP) is 4.60. The molecule has 118 valence electrons. The topological polar surface area (TPSA) is 36.9 Å². The zero-order valence-corrected chi connectivity index (χ0v) is 14.7. The summed E-state index contributed by atoms with van der Waals surface area (Å²) in [5.41, 5.74) is 0.809. The van der Waals surface area contributed by atoms with Crippen LogP contribution in [0.1, 0.15) is 19.8 Å². The molecule has 0 amide bonds. The summed E-state index contributed by atoms with van der Waals surface area (Å²) >= 11 is 17.5. The van der Waals surface area contributed by atoms with Crippen molar-refractivity contribution in [3.8, 4) is 11.4 Å². The maximum atomic E-state index is 6.24. The van der Waals surface area contributed by atoms with Crippen molar-refractivity contribution in [3.05, 3.63) is 33.0 Å². The standard InChI is InChI=1S/C15H18Cl2N4S/c1-10-4-6-20(7-5-10)9-21-15(22)18-14(19-21)12-3-2-11(16)8-13(12)17/h2-3,8,10H,4-7,9H2,1H3,(H,18,19,22). The Morgan fingerprint density at radius 3 is 2.73 bits per heavy atom. The van der Waals surface area contributed by atoms with Gasteiger partial charge in [0, 0.05) is 23.7 Å². The number of hydrogen-bond acceptors (Lipinski definition) is 3. The van der Waals surface area contributed by atoms with Gasteiger partial charge in [0.15, 0.2) is 5.82 Å². The molecule has 1 aliphatic heterocycles. The monoisotopic (exact) mass is 356 g/mol. The predicted molar refractivity (Wildman–Crippen MR) is 92.8 cm³/mol. The van der Waals surface area contributed by atoms with Gasteiger partial charge in [-0.05, 0) is 49.2 Å². The number of nitrogens with one attached hydrogen (secondary N) is 1. The number of likely N-dealkylation sites (tertiary alicyclic amines) is 1. The maximum Gasteiger partial charge on any atom is 0.217 e. The van der Waals surface area contributed by atoms with Gasteiger partial charge < -0.3 is 0 Å². The second-order valence-electron chi connectivity index (χ2n) is 5.85. The molecule has 3 rings (SSSR count). The Kier molecular flexibility index (Phi) is 4.88. The van der Waals surface area contributed by atoms with Crippen LogP contribution in [0, 0.1) is 10.7 Å². The van der Waals surface area contributed by atoms with Crippen LogP contribution in [0.5, 0.6) is 0 Å². The second kappa shape index (κ2) is 6.71. The first-order valence-electron chi connectivity index (χ1n) is 7.37. The van der Waals surface area contributed by atoms with Crippen molar-refractivity contribution in [3.63, 3.8) is 0 Å². The van der Waals surface area contributed by atoms with E-state index in [-0.39, 0.29) is 0 Å². The number of hydrogen-bond donors (Lipinski definition) is 1. The Labute approximate surface area is 145 Å². The first-order valence-corrected chi connectivity index (χ1v) is 8.54. The van der Waals surface area contributed by atoms with Crippen molar-refractivity contribution in [1.82, 2.24) is 19.7 Å². The number of benzene rings is 1. The summed E-state index contributed by atoms with van der Waals surface area (Å²) in [5, 5.41) is 4.42. The van der Waals surface area contributed by atoms with Gasteiger partial charge in [-0.1, -0.05) is 30.1 Å². The molecule has 2 heterocycles. The van der Waals surface area contributed by atoms with Crippen LogP contribution in [0.3, 0.4) is 0 Å². The van der Waals surface area contributed by atoms with Gasteiger partial charge in [0.2, 0.25) is 4.77 Å². The molecule has 0 atom stereocenters. The van der Waals surface area contributed by atoms with Crippen molar-refractivity contribution < 1.29 is 0 Å². The Balaban J connectivity index is 1.80. The number of aromatic nitrogens is 3. The Hall–Kier alpha value is -0.880.